The number of carbonyl (C=O) groups is 1. The van der Waals surface area contributed by atoms with E-state index in [0.29, 0.717) is 30.0 Å². The molecule has 0 spiro atoms. The van der Waals surface area contributed by atoms with Crippen LogP contribution in [-0.4, -0.2) is 79.4 Å². The van der Waals surface area contributed by atoms with Gasteiger partial charge in [-0.3, -0.25) is 14.9 Å². The summed E-state index contributed by atoms with van der Waals surface area (Å²) in [6.07, 6.45) is 8.89. The fourth-order valence-corrected chi connectivity index (χ4v) is 7.69. The topological polar surface area (TPSA) is 151 Å². The zero-order valence-electron chi connectivity index (χ0n) is 23.1. The highest BCUT2D eigenvalue weighted by Crippen LogP contribution is 2.46. The first-order valence-corrected chi connectivity index (χ1v) is 15.7. The summed E-state index contributed by atoms with van der Waals surface area (Å²) in [6, 6.07) is 13.8. The molecule has 42 heavy (non-hydrogen) atoms. The van der Waals surface area contributed by atoms with Crippen molar-refractivity contribution >= 4 is 27.2 Å². The third-order valence-corrected chi connectivity index (χ3v) is 9.50. The number of aromatic amines is 1. The molecule has 3 atom stereocenters. The standard InChI is InChI=1S/C29H29N9O3S/c1-30-28-25(42(2,40)41)24(19-12-20-9-10-21(13-19)37(20)29(39)26-32-16-33-36-26)35-27-22(15-34-38(27)28)18-8-11-23(31-14-18)17-6-4-3-5-7-17/h3-8,11,14-16,19-21,30H,9-10,12-13H2,1-2H3,(H,32,33,36)/t19?,20-,21+. The molecule has 2 aliphatic heterocycles. The van der Waals surface area contributed by atoms with Gasteiger partial charge in [0.05, 0.1) is 17.6 Å². The van der Waals surface area contributed by atoms with Crippen molar-refractivity contribution in [3.05, 3.63) is 72.7 Å². The molecule has 0 saturated carbocycles. The molecule has 12 nitrogen and oxygen atoms in total. The van der Waals surface area contributed by atoms with Crippen molar-refractivity contribution in [1.82, 2.24) is 39.7 Å². The van der Waals surface area contributed by atoms with Gasteiger partial charge in [0, 0.05) is 54.2 Å². The minimum absolute atomic E-state index is 0.0473. The Morgan fingerprint density at radius 1 is 1.00 bits per heavy atom. The average Bonchev–Trinajstić information content (AvgIpc) is 3.74. The minimum atomic E-state index is -3.69. The maximum atomic E-state index is 13.3. The number of anilines is 1. The van der Waals surface area contributed by atoms with Crippen molar-refractivity contribution < 1.29 is 13.2 Å². The number of carbonyl (C=O) groups excluding carboxylic acids is 1. The number of piperidine rings is 1. The molecule has 2 fully saturated rings. The lowest BCUT2D eigenvalue weighted by Gasteiger charge is -2.38. The van der Waals surface area contributed by atoms with Crippen LogP contribution in [0.15, 0.2) is 66.1 Å². The first-order chi connectivity index (χ1) is 20.3. The monoisotopic (exact) mass is 583 g/mol. The Bertz CT molecular complexity index is 1870. The van der Waals surface area contributed by atoms with Gasteiger partial charge in [-0.1, -0.05) is 36.4 Å². The number of sulfone groups is 1. The molecular weight excluding hydrogens is 554 g/mol. The van der Waals surface area contributed by atoms with E-state index in [1.54, 1.807) is 24.0 Å². The van der Waals surface area contributed by atoms with Gasteiger partial charge in [0.1, 0.15) is 17.0 Å². The molecule has 1 aromatic carbocycles. The van der Waals surface area contributed by atoms with Crippen LogP contribution in [0.25, 0.3) is 28.0 Å². The summed E-state index contributed by atoms with van der Waals surface area (Å²) in [5.74, 6) is 0.246. The predicted molar refractivity (Wildman–Crippen MR) is 156 cm³/mol. The summed E-state index contributed by atoms with van der Waals surface area (Å²) in [5, 5.41) is 14.1. The SMILES string of the molecule is CNc1c(S(C)(=O)=O)c(C2C[C@H]3CC[C@@H](C2)N3C(=O)c2ncn[nH]2)nc2c(-c3ccc(-c4ccccc4)nc3)cnn12. The number of benzene rings is 1. The summed E-state index contributed by atoms with van der Waals surface area (Å²) < 4.78 is 28.1. The number of hydrogen-bond acceptors (Lipinski definition) is 9. The molecule has 1 amide bonds. The highest BCUT2D eigenvalue weighted by atomic mass is 32.2. The van der Waals surface area contributed by atoms with Crippen LogP contribution in [-0.2, 0) is 9.84 Å². The molecule has 0 aliphatic carbocycles. The molecule has 2 aliphatic rings. The molecular formula is C29H29N9O3S. The summed E-state index contributed by atoms with van der Waals surface area (Å²) >= 11 is 0. The number of amides is 1. The van der Waals surface area contributed by atoms with Crippen LogP contribution in [0.2, 0.25) is 0 Å². The van der Waals surface area contributed by atoms with Gasteiger partial charge in [0.25, 0.3) is 5.91 Å². The number of pyridine rings is 1. The van der Waals surface area contributed by atoms with E-state index in [1.807, 2.05) is 47.4 Å². The van der Waals surface area contributed by atoms with E-state index in [0.717, 1.165) is 35.2 Å². The van der Waals surface area contributed by atoms with E-state index in [4.69, 9.17) is 4.98 Å². The Hall–Kier alpha value is -4.65. The van der Waals surface area contributed by atoms with E-state index in [1.165, 1.54) is 12.6 Å². The van der Waals surface area contributed by atoms with E-state index in [9.17, 15) is 13.2 Å². The number of hydrogen-bond donors (Lipinski definition) is 2. The molecule has 2 saturated heterocycles. The lowest BCUT2D eigenvalue weighted by Crippen LogP contribution is -2.46. The van der Waals surface area contributed by atoms with E-state index in [2.05, 4.69) is 30.6 Å². The van der Waals surface area contributed by atoms with Crippen molar-refractivity contribution in [3.63, 3.8) is 0 Å². The first kappa shape index (κ1) is 26.3. The maximum absolute atomic E-state index is 13.3. The Balaban J connectivity index is 1.31. The van der Waals surface area contributed by atoms with Crippen LogP contribution in [0.3, 0.4) is 0 Å². The number of nitrogens with one attached hydrogen (secondary N) is 2. The zero-order chi connectivity index (χ0) is 29.0. The summed E-state index contributed by atoms with van der Waals surface area (Å²) in [4.78, 5) is 29.0. The smallest absolute Gasteiger partial charge is 0.291 e. The van der Waals surface area contributed by atoms with Crippen molar-refractivity contribution in [1.29, 1.82) is 0 Å². The number of nitrogens with zero attached hydrogens (tertiary/aromatic N) is 7. The fourth-order valence-electron chi connectivity index (χ4n) is 6.56. The largest absolute Gasteiger partial charge is 0.372 e. The second-order valence-electron chi connectivity index (χ2n) is 10.9. The second kappa shape index (κ2) is 10.0. The van der Waals surface area contributed by atoms with Gasteiger partial charge in [-0.2, -0.15) is 14.7 Å². The van der Waals surface area contributed by atoms with Crippen molar-refractivity contribution in [2.75, 3.05) is 18.6 Å². The van der Waals surface area contributed by atoms with Gasteiger partial charge in [-0.25, -0.2) is 18.4 Å². The van der Waals surface area contributed by atoms with Gasteiger partial charge in [0.2, 0.25) is 5.82 Å². The number of fused-ring (bicyclic) bond motifs is 3. The van der Waals surface area contributed by atoms with Crippen LogP contribution < -0.4 is 5.32 Å². The van der Waals surface area contributed by atoms with Gasteiger partial charge in [-0.05, 0) is 31.7 Å². The number of aromatic nitrogens is 7. The molecule has 4 aromatic heterocycles. The van der Waals surface area contributed by atoms with E-state index in [-0.39, 0.29) is 34.6 Å². The quantitative estimate of drug-likeness (QED) is 0.306. The Labute approximate surface area is 242 Å². The maximum Gasteiger partial charge on any atom is 0.291 e. The Morgan fingerprint density at radius 2 is 1.76 bits per heavy atom. The highest BCUT2D eigenvalue weighted by Gasteiger charge is 2.46. The van der Waals surface area contributed by atoms with Crippen molar-refractivity contribution in [2.24, 2.45) is 0 Å². The highest BCUT2D eigenvalue weighted by molar-refractivity contribution is 7.91. The average molecular weight is 584 g/mol. The summed E-state index contributed by atoms with van der Waals surface area (Å²) in [6.45, 7) is 0. The number of rotatable bonds is 6. The van der Waals surface area contributed by atoms with Gasteiger partial charge in [-0.15, -0.1) is 0 Å². The second-order valence-corrected chi connectivity index (χ2v) is 12.8. The molecule has 5 aromatic rings. The van der Waals surface area contributed by atoms with Gasteiger partial charge < -0.3 is 10.2 Å². The van der Waals surface area contributed by atoms with Crippen LogP contribution in [0.1, 0.15) is 47.9 Å². The van der Waals surface area contributed by atoms with Crippen LogP contribution in [0, 0.1) is 0 Å². The zero-order valence-corrected chi connectivity index (χ0v) is 23.9. The summed E-state index contributed by atoms with van der Waals surface area (Å²) in [5.41, 5.74) is 4.49. The van der Waals surface area contributed by atoms with Crippen molar-refractivity contribution in [2.45, 2.75) is 48.6 Å². The molecule has 13 heteroatoms. The third-order valence-electron chi connectivity index (χ3n) is 8.35. The molecule has 1 unspecified atom stereocenters. The third kappa shape index (κ3) is 4.31. The van der Waals surface area contributed by atoms with Gasteiger partial charge >= 0.3 is 0 Å². The molecule has 6 heterocycles. The molecule has 0 radical (unpaired) electrons. The normalized spacial score (nSPS) is 20.2. The number of H-pyrrole nitrogens is 1. The van der Waals surface area contributed by atoms with Crippen LogP contribution >= 0.6 is 0 Å². The lowest BCUT2D eigenvalue weighted by atomic mass is 9.87. The summed E-state index contributed by atoms with van der Waals surface area (Å²) in [7, 11) is -2.00. The van der Waals surface area contributed by atoms with E-state index >= 15 is 0 Å². The fraction of sp³-hybridized carbons (Fsp3) is 0.310. The van der Waals surface area contributed by atoms with Crippen molar-refractivity contribution in [3.8, 4) is 22.4 Å². The molecule has 7 rings (SSSR count). The Kier molecular flexibility index (Phi) is 6.26. The van der Waals surface area contributed by atoms with Crippen LogP contribution in [0.4, 0.5) is 5.82 Å². The van der Waals surface area contributed by atoms with E-state index < -0.39 is 9.84 Å². The lowest BCUT2D eigenvalue weighted by molar-refractivity contribution is 0.0556. The molecule has 2 bridgehead atoms. The van der Waals surface area contributed by atoms with Crippen LogP contribution in [0.5, 0.6) is 0 Å². The predicted octanol–water partition coefficient (Wildman–Crippen LogP) is 3.57. The molecule has 2 N–H and O–H groups in total. The first-order valence-electron chi connectivity index (χ1n) is 13.8. The Morgan fingerprint density at radius 3 is 2.38 bits per heavy atom. The van der Waals surface area contributed by atoms with Gasteiger partial charge in [0.15, 0.2) is 15.5 Å². The minimum Gasteiger partial charge on any atom is -0.372 e. The molecule has 214 valence electrons.